The van der Waals surface area contributed by atoms with Gasteiger partial charge in [-0.25, -0.2) is 0 Å². The molecule has 0 aromatic carbocycles. The van der Waals surface area contributed by atoms with E-state index in [0.717, 1.165) is 5.92 Å². The Labute approximate surface area is 98.0 Å². The van der Waals surface area contributed by atoms with Crippen molar-refractivity contribution in [1.82, 2.24) is 0 Å². The van der Waals surface area contributed by atoms with Crippen LogP contribution in [0.15, 0.2) is 0 Å². The number of aliphatic hydroxyl groups is 1. The lowest BCUT2D eigenvalue weighted by Crippen LogP contribution is -2.41. The molecule has 0 aromatic heterocycles. The van der Waals surface area contributed by atoms with Crippen molar-refractivity contribution in [3.05, 3.63) is 0 Å². The lowest BCUT2D eigenvalue weighted by Gasteiger charge is -2.38. The summed E-state index contributed by atoms with van der Waals surface area (Å²) in [5.41, 5.74) is 0. The maximum atomic E-state index is 10.5. The molecule has 0 aromatic rings. The second-order valence-corrected chi connectivity index (χ2v) is 7.36. The number of rotatable bonds is 2. The molecule has 88 valence electrons. The molecule has 2 aliphatic rings. The van der Waals surface area contributed by atoms with E-state index in [4.69, 9.17) is 0 Å². The Morgan fingerprint density at radius 2 is 1.93 bits per heavy atom. The SMILES string of the molecule is CC1CCC(C(O)C2(C)CCCS2)CC1. The van der Waals surface area contributed by atoms with Crippen LogP contribution in [0.5, 0.6) is 0 Å². The van der Waals surface area contributed by atoms with Crippen LogP contribution in [0.3, 0.4) is 0 Å². The normalized spacial score (nSPS) is 44.2. The van der Waals surface area contributed by atoms with Crippen molar-refractivity contribution in [3.8, 4) is 0 Å². The molecule has 2 heteroatoms. The molecule has 0 bridgehead atoms. The summed E-state index contributed by atoms with van der Waals surface area (Å²) in [5, 5.41) is 10.5. The molecule has 0 amide bonds. The first-order valence-corrected chi connectivity index (χ1v) is 7.42. The number of aliphatic hydroxyl groups excluding tert-OH is 1. The first-order valence-electron chi connectivity index (χ1n) is 6.44. The standard InChI is InChI=1S/C13H24OS/c1-10-4-6-11(7-5-10)12(14)13(2)8-3-9-15-13/h10-12,14H,3-9H2,1-2H3. The maximum absolute atomic E-state index is 10.5. The largest absolute Gasteiger partial charge is 0.391 e. The van der Waals surface area contributed by atoms with Crippen molar-refractivity contribution in [2.24, 2.45) is 11.8 Å². The third-order valence-corrected chi connectivity index (χ3v) is 5.98. The van der Waals surface area contributed by atoms with Gasteiger partial charge >= 0.3 is 0 Å². The molecule has 15 heavy (non-hydrogen) atoms. The lowest BCUT2D eigenvalue weighted by atomic mass is 9.76. The van der Waals surface area contributed by atoms with Crippen LogP contribution in [-0.2, 0) is 0 Å². The molecular formula is C13H24OS. The number of hydrogen-bond donors (Lipinski definition) is 1. The minimum absolute atomic E-state index is 0.0579. The predicted octanol–water partition coefficient (Wildman–Crippen LogP) is 3.46. The molecule has 1 saturated carbocycles. The fraction of sp³-hybridized carbons (Fsp3) is 1.00. The third kappa shape index (κ3) is 2.52. The van der Waals surface area contributed by atoms with Crippen molar-refractivity contribution in [3.63, 3.8) is 0 Å². The number of thioether (sulfide) groups is 1. The maximum Gasteiger partial charge on any atom is 0.0712 e. The Morgan fingerprint density at radius 3 is 2.47 bits per heavy atom. The molecule has 0 radical (unpaired) electrons. The predicted molar refractivity (Wildman–Crippen MR) is 67.2 cm³/mol. The van der Waals surface area contributed by atoms with Crippen LogP contribution in [0.4, 0.5) is 0 Å². The van der Waals surface area contributed by atoms with E-state index < -0.39 is 0 Å². The first kappa shape index (κ1) is 11.8. The summed E-state index contributed by atoms with van der Waals surface area (Å²) in [4.78, 5) is 0. The van der Waals surface area contributed by atoms with Crippen LogP contribution in [0.25, 0.3) is 0 Å². The van der Waals surface area contributed by atoms with E-state index in [1.165, 1.54) is 44.3 Å². The van der Waals surface area contributed by atoms with Gasteiger partial charge < -0.3 is 5.11 Å². The van der Waals surface area contributed by atoms with Gasteiger partial charge in [0.2, 0.25) is 0 Å². The zero-order chi connectivity index (χ0) is 10.9. The van der Waals surface area contributed by atoms with Crippen molar-refractivity contribution in [1.29, 1.82) is 0 Å². The topological polar surface area (TPSA) is 20.2 Å². The van der Waals surface area contributed by atoms with Gasteiger partial charge in [0.1, 0.15) is 0 Å². The molecule has 2 rings (SSSR count). The quantitative estimate of drug-likeness (QED) is 0.781. The van der Waals surface area contributed by atoms with E-state index >= 15 is 0 Å². The summed E-state index contributed by atoms with van der Waals surface area (Å²) in [7, 11) is 0. The van der Waals surface area contributed by atoms with Crippen LogP contribution < -0.4 is 0 Å². The molecule has 1 heterocycles. The highest BCUT2D eigenvalue weighted by Crippen LogP contribution is 2.45. The van der Waals surface area contributed by atoms with Gasteiger partial charge in [-0.05, 0) is 50.2 Å². The summed E-state index contributed by atoms with van der Waals surface area (Å²) in [5.74, 6) is 2.71. The summed E-state index contributed by atoms with van der Waals surface area (Å²) < 4.78 is 0.172. The van der Waals surface area contributed by atoms with E-state index in [-0.39, 0.29) is 10.9 Å². The fourth-order valence-corrected chi connectivity index (χ4v) is 4.54. The zero-order valence-electron chi connectivity index (χ0n) is 10.0. The summed E-state index contributed by atoms with van der Waals surface area (Å²) in [6, 6.07) is 0. The molecule has 1 nitrogen and oxygen atoms in total. The molecule has 2 fully saturated rings. The second kappa shape index (κ2) is 4.67. The summed E-state index contributed by atoms with van der Waals surface area (Å²) >= 11 is 2.00. The zero-order valence-corrected chi connectivity index (χ0v) is 10.9. The summed E-state index contributed by atoms with van der Waals surface area (Å²) in [6.07, 6.45) is 7.59. The molecule has 0 spiro atoms. The Morgan fingerprint density at radius 1 is 1.27 bits per heavy atom. The Hall–Kier alpha value is 0.310. The third-order valence-electron chi connectivity index (χ3n) is 4.38. The van der Waals surface area contributed by atoms with E-state index in [0.29, 0.717) is 5.92 Å². The highest BCUT2D eigenvalue weighted by Gasteiger charge is 2.41. The molecule has 1 N–H and O–H groups in total. The number of hydrogen-bond acceptors (Lipinski definition) is 2. The molecule has 1 aliphatic carbocycles. The van der Waals surface area contributed by atoms with Crippen LogP contribution >= 0.6 is 11.8 Å². The van der Waals surface area contributed by atoms with Crippen molar-refractivity contribution in [2.75, 3.05) is 5.75 Å². The van der Waals surface area contributed by atoms with Gasteiger partial charge in [0, 0.05) is 4.75 Å². The Kier molecular flexibility index (Phi) is 3.67. The van der Waals surface area contributed by atoms with Crippen molar-refractivity contribution in [2.45, 2.75) is 63.2 Å². The van der Waals surface area contributed by atoms with Gasteiger partial charge in [0.25, 0.3) is 0 Å². The summed E-state index contributed by atoms with van der Waals surface area (Å²) in [6.45, 7) is 4.61. The van der Waals surface area contributed by atoms with Crippen LogP contribution in [0.2, 0.25) is 0 Å². The average Bonchev–Trinajstić information content (AvgIpc) is 2.67. The lowest BCUT2D eigenvalue weighted by molar-refractivity contribution is 0.0466. The van der Waals surface area contributed by atoms with Gasteiger partial charge in [-0.2, -0.15) is 11.8 Å². The molecule has 2 atom stereocenters. The van der Waals surface area contributed by atoms with Gasteiger partial charge in [-0.1, -0.05) is 19.8 Å². The highest BCUT2D eigenvalue weighted by atomic mass is 32.2. The van der Waals surface area contributed by atoms with Crippen molar-refractivity contribution >= 4 is 11.8 Å². The minimum Gasteiger partial charge on any atom is -0.391 e. The van der Waals surface area contributed by atoms with Crippen LogP contribution in [-0.4, -0.2) is 21.7 Å². The van der Waals surface area contributed by atoms with Gasteiger partial charge in [-0.3, -0.25) is 0 Å². The fourth-order valence-electron chi connectivity index (χ4n) is 3.13. The van der Waals surface area contributed by atoms with E-state index in [9.17, 15) is 5.11 Å². The Bertz CT molecular complexity index is 203. The minimum atomic E-state index is -0.0579. The monoisotopic (exact) mass is 228 g/mol. The molecule has 2 unspecified atom stereocenters. The average molecular weight is 228 g/mol. The molecular weight excluding hydrogens is 204 g/mol. The highest BCUT2D eigenvalue weighted by molar-refractivity contribution is 8.00. The Balaban J connectivity index is 1.92. The van der Waals surface area contributed by atoms with Gasteiger partial charge in [0.15, 0.2) is 0 Å². The molecule has 1 saturated heterocycles. The van der Waals surface area contributed by atoms with E-state index in [2.05, 4.69) is 13.8 Å². The smallest absolute Gasteiger partial charge is 0.0712 e. The molecule has 1 aliphatic heterocycles. The van der Waals surface area contributed by atoms with Crippen molar-refractivity contribution < 1.29 is 5.11 Å². The second-order valence-electron chi connectivity index (χ2n) is 5.73. The first-order chi connectivity index (χ1) is 7.12. The van der Waals surface area contributed by atoms with Gasteiger partial charge in [0.05, 0.1) is 6.10 Å². The van der Waals surface area contributed by atoms with Crippen LogP contribution in [0, 0.1) is 11.8 Å². The van der Waals surface area contributed by atoms with Crippen LogP contribution in [0.1, 0.15) is 52.4 Å². The van der Waals surface area contributed by atoms with Gasteiger partial charge in [-0.15, -0.1) is 0 Å². The van der Waals surface area contributed by atoms with E-state index in [1.807, 2.05) is 11.8 Å². The van der Waals surface area contributed by atoms with E-state index in [1.54, 1.807) is 0 Å².